The van der Waals surface area contributed by atoms with Crippen molar-refractivity contribution in [3.63, 3.8) is 0 Å². The molecule has 0 aliphatic heterocycles. The Morgan fingerprint density at radius 1 is 0.769 bits per heavy atom. The second kappa shape index (κ2) is 14.1. The zero-order valence-electron chi connectivity index (χ0n) is 22.3. The van der Waals surface area contributed by atoms with Crippen molar-refractivity contribution in [2.24, 2.45) is 0 Å². The summed E-state index contributed by atoms with van der Waals surface area (Å²) in [6.45, 7) is 12.1. The molecule has 4 nitrogen and oxygen atoms in total. The van der Waals surface area contributed by atoms with E-state index in [4.69, 9.17) is 4.74 Å². The van der Waals surface area contributed by atoms with Crippen LogP contribution in [0.25, 0.3) is 0 Å². The van der Waals surface area contributed by atoms with Gasteiger partial charge < -0.3 is 9.29 Å². The first-order chi connectivity index (χ1) is 17.7. The Balaban J connectivity index is 0.000000277. The lowest BCUT2D eigenvalue weighted by Gasteiger charge is -2.21. The van der Waals surface area contributed by atoms with Gasteiger partial charge in [0.1, 0.15) is 5.75 Å². The number of rotatable bonds is 6. The lowest BCUT2D eigenvalue weighted by Crippen LogP contribution is -3.61. The van der Waals surface area contributed by atoms with Gasteiger partial charge in [-0.05, 0) is 126 Å². The minimum absolute atomic E-state index is 0.0703. The molecule has 0 saturated heterocycles. The third kappa shape index (κ3) is 11.1. The SMILES string of the molecule is CC(C)(C)c1ccc([I+]c2ccc(C(C)(C)C)cc2)cc1.O=S(=O)([O-])C(F)(F)COc1c(I)cc(I)cc1I. The van der Waals surface area contributed by atoms with Gasteiger partial charge in [0.15, 0.2) is 23.9 Å². The molecule has 0 N–H and O–H groups in total. The van der Waals surface area contributed by atoms with Crippen LogP contribution in [0.5, 0.6) is 5.75 Å². The molecule has 0 bridgehead atoms. The summed E-state index contributed by atoms with van der Waals surface area (Å²) in [5.74, 6) is 0.139. The standard InChI is InChI=1S/C20H26I.C8H5F2I3O4S/c1-19(2,3)15-7-11-17(12-8-15)21-18-13-9-16(10-14-18)20(4,5)6;9-8(10,18(14,15)16)3-17-7-5(12)1-4(11)2-6(7)13/h7-14H,1-6H3;1-2H,3H2,(H,14,15,16)/q+1;/p-1. The maximum absolute atomic E-state index is 12.9. The highest BCUT2D eigenvalue weighted by Crippen LogP contribution is 2.31. The molecule has 0 unspecified atom stereocenters. The van der Waals surface area contributed by atoms with E-state index in [1.165, 1.54) is 18.3 Å². The van der Waals surface area contributed by atoms with E-state index < -0.39 is 22.0 Å². The highest BCUT2D eigenvalue weighted by atomic mass is 127. The Morgan fingerprint density at radius 2 is 1.13 bits per heavy atom. The molecule has 0 amide bonds. The second-order valence-electron chi connectivity index (χ2n) is 10.7. The number of hydrogen-bond donors (Lipinski definition) is 0. The van der Waals surface area contributed by atoms with E-state index >= 15 is 0 Å². The topological polar surface area (TPSA) is 66.4 Å². The fraction of sp³-hybridized carbons (Fsp3) is 0.357. The summed E-state index contributed by atoms with van der Waals surface area (Å²) in [7, 11) is -5.72. The quantitative estimate of drug-likeness (QED) is 0.245. The van der Waals surface area contributed by atoms with Crippen LogP contribution in [0.2, 0.25) is 0 Å². The maximum Gasteiger partial charge on any atom is 0.367 e. The minimum atomic E-state index is -5.72. The van der Waals surface area contributed by atoms with Crippen LogP contribution in [0, 0.1) is 17.9 Å². The van der Waals surface area contributed by atoms with Gasteiger partial charge in [-0.15, -0.1) is 0 Å². The molecule has 11 heteroatoms. The largest absolute Gasteiger partial charge is 0.743 e. The van der Waals surface area contributed by atoms with Gasteiger partial charge in [0.2, 0.25) is 0 Å². The van der Waals surface area contributed by atoms with E-state index in [9.17, 15) is 21.8 Å². The molecular weight excluding hydrogens is 978 g/mol. The molecule has 0 aromatic heterocycles. The molecule has 3 rings (SSSR count). The molecule has 3 aromatic rings. The summed E-state index contributed by atoms with van der Waals surface area (Å²) >= 11 is 5.73. The van der Waals surface area contributed by atoms with Crippen LogP contribution in [0.15, 0.2) is 60.7 Å². The minimum Gasteiger partial charge on any atom is -0.743 e. The second-order valence-corrected chi connectivity index (χ2v) is 18.8. The number of benzene rings is 3. The molecule has 0 spiro atoms. The van der Waals surface area contributed by atoms with Crippen LogP contribution in [0.1, 0.15) is 52.7 Å². The highest BCUT2D eigenvalue weighted by molar-refractivity contribution is 14.1. The molecule has 0 atom stereocenters. The first-order valence-electron chi connectivity index (χ1n) is 11.7. The molecule has 3 aromatic carbocycles. The molecule has 0 saturated carbocycles. The van der Waals surface area contributed by atoms with Gasteiger partial charge >= 0.3 is 26.5 Å². The van der Waals surface area contributed by atoms with Gasteiger partial charge in [0, 0.05) is 3.57 Å². The van der Waals surface area contributed by atoms with Crippen molar-refractivity contribution in [2.45, 2.75) is 57.6 Å². The molecular formula is C28H30F2I4O4S. The third-order valence-electron chi connectivity index (χ3n) is 5.35. The zero-order valence-corrected chi connectivity index (χ0v) is 31.7. The first kappa shape index (κ1) is 35.3. The fourth-order valence-corrected chi connectivity index (χ4v) is 9.30. The number of halogens is 6. The fourth-order valence-electron chi connectivity index (χ4n) is 3.05. The summed E-state index contributed by atoms with van der Waals surface area (Å²) < 4.78 is 66.5. The Kier molecular flexibility index (Phi) is 12.8. The normalized spacial score (nSPS) is 12.5. The predicted octanol–water partition coefficient (Wildman–Crippen LogP) is 5.43. The highest BCUT2D eigenvalue weighted by Gasteiger charge is 2.39. The van der Waals surface area contributed by atoms with Crippen LogP contribution in [0.3, 0.4) is 0 Å². The lowest BCUT2D eigenvalue weighted by molar-refractivity contribution is -0.597. The van der Waals surface area contributed by atoms with Crippen molar-refractivity contribution in [3.05, 3.63) is 89.6 Å². The van der Waals surface area contributed by atoms with Crippen molar-refractivity contribution in [1.29, 1.82) is 0 Å². The number of ether oxygens (including phenoxy) is 1. The van der Waals surface area contributed by atoms with E-state index in [0.717, 1.165) is 3.57 Å². The number of hydrogen-bond acceptors (Lipinski definition) is 4. The Hall–Kier alpha value is 0.150. The summed E-state index contributed by atoms with van der Waals surface area (Å²) in [6.07, 6.45) is 0. The smallest absolute Gasteiger partial charge is 0.367 e. The van der Waals surface area contributed by atoms with Gasteiger partial charge in [0.05, 0.1) is 7.14 Å². The van der Waals surface area contributed by atoms with Crippen LogP contribution < -0.4 is 25.9 Å². The lowest BCUT2D eigenvalue weighted by atomic mass is 9.87. The number of alkyl halides is 2. The van der Waals surface area contributed by atoms with E-state index in [2.05, 4.69) is 90.1 Å². The van der Waals surface area contributed by atoms with Crippen molar-refractivity contribution in [2.75, 3.05) is 6.61 Å². The van der Waals surface area contributed by atoms with Gasteiger partial charge in [0.25, 0.3) is 0 Å². The molecule has 0 heterocycles. The van der Waals surface area contributed by atoms with Gasteiger partial charge in [-0.2, -0.15) is 8.78 Å². The molecule has 214 valence electrons. The van der Waals surface area contributed by atoms with Gasteiger partial charge in [-0.1, -0.05) is 65.8 Å². The molecule has 0 aliphatic carbocycles. The van der Waals surface area contributed by atoms with Gasteiger partial charge in [-0.3, -0.25) is 0 Å². The summed E-state index contributed by atoms with van der Waals surface area (Å²) in [5.41, 5.74) is 3.31. The molecule has 0 fully saturated rings. The molecule has 39 heavy (non-hydrogen) atoms. The van der Waals surface area contributed by atoms with E-state index in [1.807, 2.05) is 67.8 Å². The zero-order chi connectivity index (χ0) is 29.8. The average Bonchev–Trinajstić information content (AvgIpc) is 2.77. The monoisotopic (exact) mass is 1010 g/mol. The van der Waals surface area contributed by atoms with Crippen LogP contribution in [-0.2, 0) is 20.9 Å². The van der Waals surface area contributed by atoms with Crippen molar-refractivity contribution < 1.29 is 47.7 Å². The third-order valence-corrected chi connectivity index (χ3v) is 11.1. The van der Waals surface area contributed by atoms with Crippen molar-refractivity contribution >= 4 is 77.9 Å². The van der Waals surface area contributed by atoms with Crippen LogP contribution in [0.4, 0.5) is 8.78 Å². The Bertz CT molecular complexity index is 1290. The van der Waals surface area contributed by atoms with Crippen molar-refractivity contribution in [3.8, 4) is 5.75 Å². The summed E-state index contributed by atoms with van der Waals surface area (Å²) in [6, 6.07) is 21.8. The van der Waals surface area contributed by atoms with Crippen LogP contribution in [-0.4, -0.2) is 24.8 Å². The Labute approximate surface area is 281 Å². The van der Waals surface area contributed by atoms with Gasteiger partial charge in [-0.25, -0.2) is 8.42 Å². The molecule has 0 radical (unpaired) electrons. The van der Waals surface area contributed by atoms with E-state index in [0.29, 0.717) is 7.14 Å². The summed E-state index contributed by atoms with van der Waals surface area (Å²) in [4.78, 5) is 0. The van der Waals surface area contributed by atoms with E-state index in [-0.39, 0.29) is 37.8 Å². The first-order valence-corrected chi connectivity index (χ1v) is 18.5. The average molecular weight is 1010 g/mol. The predicted molar refractivity (Wildman–Crippen MR) is 172 cm³/mol. The summed E-state index contributed by atoms with van der Waals surface area (Å²) in [5, 5.41) is -4.44. The van der Waals surface area contributed by atoms with E-state index in [1.54, 1.807) is 12.1 Å². The van der Waals surface area contributed by atoms with Crippen LogP contribution >= 0.6 is 67.8 Å². The molecule has 0 aliphatic rings. The van der Waals surface area contributed by atoms with Crippen molar-refractivity contribution in [1.82, 2.24) is 0 Å². The Morgan fingerprint density at radius 3 is 1.44 bits per heavy atom. The maximum atomic E-state index is 12.9.